The van der Waals surface area contributed by atoms with Crippen LogP contribution in [0.2, 0.25) is 0 Å². The number of hydrogen-bond donors (Lipinski definition) is 4. The van der Waals surface area contributed by atoms with Gasteiger partial charge in [-0.15, -0.1) is 0 Å². The number of nitrogens with one attached hydrogen (secondary N) is 2. The number of esters is 1. The van der Waals surface area contributed by atoms with E-state index >= 15 is 0 Å². The van der Waals surface area contributed by atoms with Crippen LogP contribution in [0.25, 0.3) is 16.7 Å². The first-order chi connectivity index (χ1) is 17.9. The van der Waals surface area contributed by atoms with Crippen molar-refractivity contribution in [3.05, 3.63) is 58.3 Å². The Kier molecular flexibility index (Phi) is 16.7. The maximum Gasteiger partial charge on any atom is 0.354 e. The van der Waals surface area contributed by atoms with E-state index in [0.29, 0.717) is 30.8 Å². The molecule has 0 saturated heterocycles. The fourth-order valence-corrected chi connectivity index (χ4v) is 3.30. The highest BCUT2D eigenvalue weighted by Gasteiger charge is 2.16. The van der Waals surface area contributed by atoms with E-state index in [2.05, 4.69) is 20.3 Å². The number of nitrogens with zero attached hydrogens (tertiary/aromatic N) is 3. The van der Waals surface area contributed by atoms with Crippen molar-refractivity contribution >= 4 is 23.0 Å². The quantitative estimate of drug-likeness (QED) is 0.146. The van der Waals surface area contributed by atoms with Gasteiger partial charge in [-0.1, -0.05) is 53.7 Å². The third-order valence-corrected chi connectivity index (χ3v) is 4.83. The number of fused-ring (bicyclic) bond motifs is 1. The summed E-state index contributed by atoms with van der Waals surface area (Å²) >= 11 is 0. The van der Waals surface area contributed by atoms with E-state index in [4.69, 9.17) is 16.2 Å². The summed E-state index contributed by atoms with van der Waals surface area (Å²) in [4.78, 5) is 35.4. The van der Waals surface area contributed by atoms with Crippen molar-refractivity contribution in [3.8, 4) is 5.69 Å². The van der Waals surface area contributed by atoms with Crippen molar-refractivity contribution in [3.63, 3.8) is 0 Å². The Bertz CT molecular complexity index is 1130. The molecule has 0 aliphatic carbocycles. The SMILES string of the molecule is CC.CC.CC.COC(=O)C[C@H](NCCCN=C(N)N)c1ccc(-n2cc3cc(C)[nH]c3nc2=O)cc1. The molecule has 10 nitrogen and oxygen atoms in total. The van der Waals surface area contributed by atoms with Gasteiger partial charge < -0.3 is 26.5 Å². The molecule has 0 aliphatic rings. The van der Waals surface area contributed by atoms with E-state index in [-0.39, 0.29) is 30.1 Å². The van der Waals surface area contributed by atoms with E-state index in [1.807, 2.05) is 78.8 Å². The summed E-state index contributed by atoms with van der Waals surface area (Å²) in [5.74, 6) is -0.265. The lowest BCUT2D eigenvalue weighted by Gasteiger charge is -2.18. The number of aliphatic imine (C=N–C) groups is 1. The Morgan fingerprint density at radius 2 is 1.76 bits per heavy atom. The van der Waals surface area contributed by atoms with Crippen molar-refractivity contribution in [1.82, 2.24) is 19.9 Å². The van der Waals surface area contributed by atoms with Crippen LogP contribution in [-0.4, -0.2) is 46.7 Å². The van der Waals surface area contributed by atoms with Crippen LogP contribution in [0.5, 0.6) is 0 Å². The number of ether oxygens (including phenoxy) is 1. The van der Waals surface area contributed by atoms with Gasteiger partial charge >= 0.3 is 11.7 Å². The molecule has 6 N–H and O–H groups in total. The van der Waals surface area contributed by atoms with Crippen molar-refractivity contribution < 1.29 is 9.53 Å². The number of benzene rings is 1. The minimum Gasteiger partial charge on any atom is -0.469 e. The highest BCUT2D eigenvalue weighted by Crippen LogP contribution is 2.20. The van der Waals surface area contributed by atoms with Crippen LogP contribution in [0.15, 0.2) is 46.3 Å². The second-order valence-corrected chi connectivity index (χ2v) is 7.19. The van der Waals surface area contributed by atoms with E-state index in [9.17, 15) is 9.59 Å². The summed E-state index contributed by atoms with van der Waals surface area (Å²) in [6, 6.07) is 9.11. The fraction of sp³-hybridized carbons (Fsp3) is 0.481. The normalized spacial score (nSPS) is 10.5. The summed E-state index contributed by atoms with van der Waals surface area (Å²) in [6.45, 7) is 15.0. The van der Waals surface area contributed by atoms with Gasteiger partial charge in [-0.25, -0.2) is 4.79 Å². The average Bonchev–Trinajstić information content (AvgIpc) is 3.29. The zero-order chi connectivity index (χ0) is 28.4. The highest BCUT2D eigenvalue weighted by molar-refractivity contribution is 5.76. The predicted octanol–water partition coefficient (Wildman–Crippen LogP) is 3.96. The summed E-state index contributed by atoms with van der Waals surface area (Å²) in [5.41, 5.74) is 13.4. The van der Waals surface area contributed by atoms with Gasteiger partial charge in [0.05, 0.1) is 19.2 Å². The number of methoxy groups -OCH3 is 1. The first-order valence-corrected chi connectivity index (χ1v) is 12.9. The largest absolute Gasteiger partial charge is 0.469 e. The molecule has 0 aliphatic heterocycles. The number of H-pyrrole nitrogens is 1. The van der Waals surface area contributed by atoms with Crippen LogP contribution in [0.3, 0.4) is 0 Å². The van der Waals surface area contributed by atoms with Crippen molar-refractivity contribution in [2.75, 3.05) is 20.2 Å². The first-order valence-electron chi connectivity index (χ1n) is 12.9. The van der Waals surface area contributed by atoms with Crippen LogP contribution < -0.4 is 22.5 Å². The molecular formula is C27H45N7O3. The lowest BCUT2D eigenvalue weighted by atomic mass is 10.0. The molecule has 206 valence electrons. The lowest BCUT2D eigenvalue weighted by Crippen LogP contribution is -2.27. The van der Waals surface area contributed by atoms with Gasteiger partial charge in [0.15, 0.2) is 5.96 Å². The molecule has 0 saturated carbocycles. The van der Waals surface area contributed by atoms with Crippen LogP contribution in [0.1, 0.15) is 71.7 Å². The van der Waals surface area contributed by atoms with E-state index in [1.54, 1.807) is 6.20 Å². The topological polar surface area (TPSA) is 153 Å². The Morgan fingerprint density at radius 3 is 2.32 bits per heavy atom. The number of aromatic amines is 1. The summed E-state index contributed by atoms with van der Waals surface area (Å²) < 4.78 is 6.32. The minimum absolute atomic E-state index is 0.0550. The summed E-state index contributed by atoms with van der Waals surface area (Å²) in [5, 5.41) is 4.19. The van der Waals surface area contributed by atoms with Gasteiger partial charge in [-0.3, -0.25) is 14.4 Å². The van der Waals surface area contributed by atoms with Crippen molar-refractivity contribution in [2.45, 2.75) is 67.3 Å². The number of guanidine groups is 1. The number of aromatic nitrogens is 3. The maximum atomic E-state index is 12.4. The molecular weight excluding hydrogens is 470 g/mol. The summed E-state index contributed by atoms with van der Waals surface area (Å²) in [6.07, 6.45) is 2.65. The molecule has 0 fully saturated rings. The number of carbonyl (C=O) groups excluding carboxylic acids is 1. The Balaban J connectivity index is 0.00000201. The molecule has 0 bridgehead atoms. The van der Waals surface area contributed by atoms with Crippen molar-refractivity contribution in [1.29, 1.82) is 0 Å². The molecule has 2 heterocycles. The second kappa shape index (κ2) is 18.6. The van der Waals surface area contributed by atoms with Crippen LogP contribution in [0, 0.1) is 6.92 Å². The molecule has 0 unspecified atom stereocenters. The van der Waals surface area contributed by atoms with Gasteiger partial charge in [-0.2, -0.15) is 4.98 Å². The second-order valence-electron chi connectivity index (χ2n) is 7.19. The molecule has 10 heteroatoms. The maximum absolute atomic E-state index is 12.4. The third kappa shape index (κ3) is 10.9. The fourth-order valence-electron chi connectivity index (χ4n) is 3.30. The predicted molar refractivity (Wildman–Crippen MR) is 153 cm³/mol. The number of rotatable bonds is 9. The molecule has 2 aromatic heterocycles. The Labute approximate surface area is 220 Å². The van der Waals surface area contributed by atoms with E-state index in [1.165, 1.54) is 11.7 Å². The standard InChI is InChI=1S/C21H27N7O3.3C2H6/c1-13-10-15-12-28(21(30)27-19(15)26-13)16-6-4-14(5-7-16)17(11-18(29)31-2)24-8-3-9-25-20(22)23;3*1-2/h4-7,10,12,17,24H,3,8-9,11H2,1-2H3,(H4,22,23,25)(H,26,27,30);3*1-2H3/t17-;;;/m0.../s1. The van der Waals surface area contributed by atoms with Gasteiger partial charge in [0.1, 0.15) is 5.65 Å². The highest BCUT2D eigenvalue weighted by atomic mass is 16.5. The van der Waals surface area contributed by atoms with Crippen LogP contribution in [0.4, 0.5) is 0 Å². The zero-order valence-corrected chi connectivity index (χ0v) is 23.6. The molecule has 1 atom stereocenters. The molecule has 3 rings (SSSR count). The van der Waals surface area contributed by atoms with Crippen LogP contribution >= 0.6 is 0 Å². The number of nitrogens with two attached hydrogens (primary N) is 2. The molecule has 3 aromatic rings. The molecule has 1 aromatic carbocycles. The van der Waals surface area contributed by atoms with E-state index in [0.717, 1.165) is 16.6 Å². The third-order valence-electron chi connectivity index (χ3n) is 4.83. The molecule has 0 radical (unpaired) electrons. The number of carbonyl (C=O) groups is 1. The van der Waals surface area contributed by atoms with Gasteiger partial charge in [0.2, 0.25) is 0 Å². The minimum atomic E-state index is -0.369. The van der Waals surface area contributed by atoms with Gasteiger partial charge in [-0.05, 0) is 43.7 Å². The van der Waals surface area contributed by atoms with Crippen LogP contribution in [-0.2, 0) is 9.53 Å². The Morgan fingerprint density at radius 1 is 1.14 bits per heavy atom. The Hall–Kier alpha value is -3.66. The van der Waals surface area contributed by atoms with Gasteiger partial charge in [0.25, 0.3) is 0 Å². The molecule has 0 amide bonds. The van der Waals surface area contributed by atoms with Gasteiger partial charge in [0, 0.05) is 29.9 Å². The first kappa shape index (κ1) is 33.3. The van der Waals surface area contributed by atoms with Crippen molar-refractivity contribution in [2.24, 2.45) is 16.5 Å². The number of aryl methyl sites for hydroxylation is 1. The lowest BCUT2D eigenvalue weighted by molar-refractivity contribution is -0.141. The number of hydrogen-bond acceptors (Lipinski definition) is 6. The molecule has 0 spiro atoms. The monoisotopic (exact) mass is 515 g/mol. The summed E-state index contributed by atoms with van der Waals surface area (Å²) in [7, 11) is 1.36. The zero-order valence-electron chi connectivity index (χ0n) is 23.6. The van der Waals surface area contributed by atoms with E-state index < -0.39 is 0 Å². The average molecular weight is 516 g/mol. The smallest absolute Gasteiger partial charge is 0.354 e. The molecule has 37 heavy (non-hydrogen) atoms.